The first-order valence-corrected chi connectivity index (χ1v) is 7.92. The van der Waals surface area contributed by atoms with Gasteiger partial charge in [0.05, 0.1) is 22.5 Å². The SMILES string of the molecule is CC(C)CC(=O)Nc1ccc(Nc2ccc(Cl)c(C(F)(F)F)c2)cn1. The van der Waals surface area contributed by atoms with Crippen LogP contribution in [0.1, 0.15) is 25.8 Å². The van der Waals surface area contributed by atoms with Crippen molar-refractivity contribution < 1.29 is 18.0 Å². The van der Waals surface area contributed by atoms with Crippen molar-refractivity contribution in [1.29, 1.82) is 0 Å². The molecule has 0 fully saturated rings. The van der Waals surface area contributed by atoms with Crippen molar-refractivity contribution in [2.45, 2.75) is 26.4 Å². The minimum atomic E-state index is -4.53. The number of pyridine rings is 1. The fourth-order valence-electron chi connectivity index (χ4n) is 2.09. The van der Waals surface area contributed by atoms with Gasteiger partial charge in [0.2, 0.25) is 5.91 Å². The standard InChI is InChI=1S/C17H17ClF3N3O/c1-10(2)7-16(25)24-15-6-4-12(9-22-15)23-11-3-5-14(18)13(8-11)17(19,20)21/h3-6,8-10,23H,7H2,1-2H3,(H,22,24,25). The van der Waals surface area contributed by atoms with E-state index < -0.39 is 11.7 Å². The van der Waals surface area contributed by atoms with Gasteiger partial charge in [-0.2, -0.15) is 13.2 Å². The van der Waals surface area contributed by atoms with Crippen molar-refractivity contribution >= 4 is 34.7 Å². The van der Waals surface area contributed by atoms with Crippen LogP contribution in [-0.2, 0) is 11.0 Å². The molecule has 1 aromatic heterocycles. The fourth-order valence-corrected chi connectivity index (χ4v) is 2.32. The van der Waals surface area contributed by atoms with Gasteiger partial charge in [0.25, 0.3) is 0 Å². The smallest absolute Gasteiger partial charge is 0.354 e. The largest absolute Gasteiger partial charge is 0.417 e. The van der Waals surface area contributed by atoms with Crippen LogP contribution in [0.5, 0.6) is 0 Å². The summed E-state index contributed by atoms with van der Waals surface area (Å²) in [6.45, 7) is 3.86. The Kier molecular flexibility index (Phi) is 5.89. The number of nitrogens with one attached hydrogen (secondary N) is 2. The molecule has 0 spiro atoms. The number of aromatic nitrogens is 1. The zero-order chi connectivity index (χ0) is 18.6. The maximum absolute atomic E-state index is 12.9. The van der Waals surface area contributed by atoms with E-state index in [1.54, 1.807) is 12.1 Å². The van der Waals surface area contributed by atoms with Gasteiger partial charge in [-0.25, -0.2) is 4.98 Å². The zero-order valence-electron chi connectivity index (χ0n) is 13.6. The van der Waals surface area contributed by atoms with Crippen LogP contribution >= 0.6 is 11.6 Å². The van der Waals surface area contributed by atoms with Crippen molar-refractivity contribution in [3.8, 4) is 0 Å². The van der Waals surface area contributed by atoms with Crippen LogP contribution in [0, 0.1) is 5.92 Å². The summed E-state index contributed by atoms with van der Waals surface area (Å²) in [5, 5.41) is 5.12. The molecular weight excluding hydrogens is 355 g/mol. The van der Waals surface area contributed by atoms with Gasteiger partial charge in [-0.3, -0.25) is 4.79 Å². The molecule has 134 valence electrons. The molecule has 1 aromatic carbocycles. The number of alkyl halides is 3. The topological polar surface area (TPSA) is 54.0 Å². The van der Waals surface area contributed by atoms with Gasteiger partial charge in [-0.1, -0.05) is 25.4 Å². The van der Waals surface area contributed by atoms with Crippen molar-refractivity contribution in [1.82, 2.24) is 4.98 Å². The summed E-state index contributed by atoms with van der Waals surface area (Å²) < 4.78 is 38.6. The Labute approximate surface area is 148 Å². The highest BCUT2D eigenvalue weighted by Crippen LogP contribution is 2.36. The fraction of sp³-hybridized carbons (Fsp3) is 0.294. The molecule has 0 aliphatic carbocycles. The average Bonchev–Trinajstić information content (AvgIpc) is 2.49. The molecule has 8 heteroatoms. The van der Waals surface area contributed by atoms with Crippen LogP contribution in [-0.4, -0.2) is 10.9 Å². The second-order valence-corrected chi connectivity index (χ2v) is 6.30. The lowest BCUT2D eigenvalue weighted by Gasteiger charge is -2.12. The Bertz CT molecular complexity index is 746. The van der Waals surface area contributed by atoms with Crippen LogP contribution < -0.4 is 10.6 Å². The van der Waals surface area contributed by atoms with Crippen LogP contribution in [0.3, 0.4) is 0 Å². The highest BCUT2D eigenvalue weighted by Gasteiger charge is 2.33. The van der Waals surface area contributed by atoms with E-state index in [1.807, 2.05) is 13.8 Å². The van der Waals surface area contributed by atoms with E-state index in [9.17, 15) is 18.0 Å². The molecule has 4 nitrogen and oxygen atoms in total. The quantitative estimate of drug-likeness (QED) is 0.731. The summed E-state index contributed by atoms with van der Waals surface area (Å²) in [7, 11) is 0. The van der Waals surface area contributed by atoms with Gasteiger partial charge in [0, 0.05) is 12.1 Å². The molecule has 0 atom stereocenters. The second-order valence-electron chi connectivity index (χ2n) is 5.90. The van der Waals surface area contributed by atoms with Crippen molar-refractivity contribution in [3.63, 3.8) is 0 Å². The third-order valence-electron chi connectivity index (χ3n) is 3.19. The number of carbonyl (C=O) groups is 1. The summed E-state index contributed by atoms with van der Waals surface area (Å²) in [4.78, 5) is 15.7. The molecular formula is C17H17ClF3N3O. The van der Waals surface area contributed by atoms with Crippen molar-refractivity contribution in [2.75, 3.05) is 10.6 Å². The lowest BCUT2D eigenvalue weighted by Crippen LogP contribution is -2.14. The third-order valence-corrected chi connectivity index (χ3v) is 3.51. The second kappa shape index (κ2) is 7.74. The molecule has 1 amide bonds. The van der Waals surface area contributed by atoms with E-state index in [0.29, 0.717) is 17.9 Å². The molecule has 0 saturated carbocycles. The number of nitrogens with zero attached hydrogens (tertiary/aromatic N) is 1. The number of carbonyl (C=O) groups excluding carboxylic acids is 1. The molecule has 0 bridgehead atoms. The molecule has 0 unspecified atom stereocenters. The highest BCUT2D eigenvalue weighted by atomic mass is 35.5. The predicted molar refractivity (Wildman–Crippen MR) is 92.1 cm³/mol. The van der Waals surface area contributed by atoms with E-state index in [2.05, 4.69) is 15.6 Å². The Hall–Kier alpha value is -2.28. The maximum Gasteiger partial charge on any atom is 0.417 e. The number of rotatable bonds is 5. The van der Waals surface area contributed by atoms with E-state index in [4.69, 9.17) is 11.6 Å². The molecule has 1 heterocycles. The first-order chi connectivity index (χ1) is 11.6. The highest BCUT2D eigenvalue weighted by molar-refractivity contribution is 6.31. The summed E-state index contributed by atoms with van der Waals surface area (Å²) in [5.74, 6) is 0.465. The Balaban J connectivity index is 2.08. The number of anilines is 3. The number of hydrogen-bond donors (Lipinski definition) is 2. The van der Waals surface area contributed by atoms with Crippen LogP contribution in [0.25, 0.3) is 0 Å². The maximum atomic E-state index is 12.9. The van der Waals surface area contributed by atoms with E-state index >= 15 is 0 Å². The molecule has 2 rings (SSSR count). The number of benzene rings is 1. The summed E-state index contributed by atoms with van der Waals surface area (Å²) in [5.41, 5.74) is -0.197. The Morgan fingerprint density at radius 3 is 2.44 bits per heavy atom. The molecule has 0 aliphatic heterocycles. The minimum Gasteiger partial charge on any atom is -0.354 e. The first kappa shape index (κ1) is 19.1. The zero-order valence-corrected chi connectivity index (χ0v) is 14.4. The van der Waals surface area contributed by atoms with Gasteiger partial charge < -0.3 is 10.6 Å². The summed E-state index contributed by atoms with van der Waals surface area (Å²) >= 11 is 5.59. The number of halogens is 4. The number of hydrogen-bond acceptors (Lipinski definition) is 3. The molecule has 0 aliphatic rings. The molecule has 25 heavy (non-hydrogen) atoms. The Morgan fingerprint density at radius 1 is 1.20 bits per heavy atom. The van der Waals surface area contributed by atoms with Gasteiger partial charge in [0.1, 0.15) is 5.82 Å². The average molecular weight is 372 g/mol. The monoisotopic (exact) mass is 371 g/mol. The number of amides is 1. The van der Waals surface area contributed by atoms with Crippen molar-refractivity contribution in [3.05, 3.63) is 47.1 Å². The van der Waals surface area contributed by atoms with Gasteiger partial charge in [-0.05, 0) is 36.2 Å². The van der Waals surface area contributed by atoms with Crippen molar-refractivity contribution in [2.24, 2.45) is 5.92 Å². The molecule has 2 N–H and O–H groups in total. The minimum absolute atomic E-state index is 0.143. The van der Waals surface area contributed by atoms with E-state index in [-0.39, 0.29) is 22.5 Å². The summed E-state index contributed by atoms with van der Waals surface area (Å²) in [6, 6.07) is 6.73. The van der Waals surface area contributed by atoms with Gasteiger partial charge in [-0.15, -0.1) is 0 Å². The van der Waals surface area contributed by atoms with E-state index in [1.165, 1.54) is 18.3 Å². The van der Waals surface area contributed by atoms with E-state index in [0.717, 1.165) is 6.07 Å². The van der Waals surface area contributed by atoms with Crippen LogP contribution in [0.4, 0.5) is 30.4 Å². The molecule has 0 radical (unpaired) electrons. The molecule has 0 saturated heterocycles. The van der Waals surface area contributed by atoms with Gasteiger partial charge in [0.15, 0.2) is 0 Å². The van der Waals surface area contributed by atoms with Crippen LogP contribution in [0.2, 0.25) is 5.02 Å². The Morgan fingerprint density at radius 2 is 1.88 bits per heavy atom. The third kappa shape index (κ3) is 5.63. The first-order valence-electron chi connectivity index (χ1n) is 7.55. The lowest BCUT2D eigenvalue weighted by molar-refractivity contribution is -0.137. The van der Waals surface area contributed by atoms with Crippen LogP contribution in [0.15, 0.2) is 36.5 Å². The summed E-state index contributed by atoms with van der Waals surface area (Å²) in [6.07, 6.45) is -2.73. The molecule has 2 aromatic rings. The van der Waals surface area contributed by atoms with Gasteiger partial charge >= 0.3 is 6.18 Å². The normalized spacial score (nSPS) is 11.5. The lowest BCUT2D eigenvalue weighted by atomic mass is 10.1. The predicted octanol–water partition coefficient (Wildman–Crippen LogP) is 5.48.